The van der Waals surface area contributed by atoms with Crippen molar-refractivity contribution < 1.29 is 14.0 Å². The summed E-state index contributed by atoms with van der Waals surface area (Å²) in [6, 6.07) is 11.1. The molecule has 0 unspecified atom stereocenters. The summed E-state index contributed by atoms with van der Waals surface area (Å²) in [5, 5.41) is 5.72. The lowest BCUT2D eigenvalue weighted by atomic mass is 10.1. The van der Waals surface area contributed by atoms with Crippen LogP contribution < -0.4 is 10.6 Å². The Labute approximate surface area is 168 Å². The van der Waals surface area contributed by atoms with Crippen LogP contribution in [0.2, 0.25) is 0 Å². The van der Waals surface area contributed by atoms with Crippen molar-refractivity contribution in [1.82, 2.24) is 14.7 Å². The van der Waals surface area contributed by atoms with E-state index in [-0.39, 0.29) is 23.5 Å². The van der Waals surface area contributed by atoms with E-state index in [0.29, 0.717) is 11.2 Å². The van der Waals surface area contributed by atoms with Gasteiger partial charge in [0.25, 0.3) is 11.8 Å². The summed E-state index contributed by atoms with van der Waals surface area (Å²) >= 11 is 0. The van der Waals surface area contributed by atoms with Crippen molar-refractivity contribution >= 4 is 23.0 Å². The molecule has 0 atom stereocenters. The van der Waals surface area contributed by atoms with Crippen molar-refractivity contribution in [1.29, 1.82) is 0 Å². The molecule has 2 heterocycles. The Kier molecular flexibility index (Phi) is 5.55. The quantitative estimate of drug-likeness (QED) is 0.652. The third kappa shape index (κ3) is 4.29. The fourth-order valence-electron chi connectivity index (χ4n) is 3.80. The molecule has 1 aliphatic rings. The topological polar surface area (TPSA) is 75.5 Å². The second kappa shape index (κ2) is 8.43. The number of rotatable bonds is 4. The van der Waals surface area contributed by atoms with Crippen molar-refractivity contribution in [3.8, 4) is 0 Å². The predicted octanol–water partition coefficient (Wildman–Crippen LogP) is 4.18. The number of amides is 2. The number of hydrogen-bond donors (Lipinski definition) is 2. The van der Waals surface area contributed by atoms with Crippen LogP contribution in [0, 0.1) is 5.82 Å². The zero-order chi connectivity index (χ0) is 20.2. The number of carbonyl (C=O) groups excluding carboxylic acids is 2. The van der Waals surface area contributed by atoms with Gasteiger partial charge in [-0.15, -0.1) is 0 Å². The van der Waals surface area contributed by atoms with Crippen LogP contribution in [0.1, 0.15) is 59.6 Å². The number of hydrogen-bond acceptors (Lipinski definition) is 3. The van der Waals surface area contributed by atoms with Crippen LogP contribution >= 0.6 is 0 Å². The Bertz CT molecular complexity index is 1040. The Morgan fingerprint density at radius 2 is 1.79 bits per heavy atom. The highest BCUT2D eigenvalue weighted by molar-refractivity contribution is 6.06. The third-order valence-electron chi connectivity index (χ3n) is 5.24. The predicted molar refractivity (Wildman–Crippen MR) is 109 cm³/mol. The zero-order valence-electron chi connectivity index (χ0n) is 16.0. The molecule has 1 aromatic carbocycles. The fraction of sp³-hybridized carbons (Fsp3) is 0.318. The van der Waals surface area contributed by atoms with E-state index in [0.717, 1.165) is 25.7 Å². The Morgan fingerprint density at radius 1 is 1.00 bits per heavy atom. The van der Waals surface area contributed by atoms with E-state index in [9.17, 15) is 14.0 Å². The number of nitrogens with zero attached hydrogens (tertiary/aromatic N) is 2. The minimum atomic E-state index is -0.509. The van der Waals surface area contributed by atoms with E-state index < -0.39 is 11.7 Å². The maximum atomic E-state index is 13.4. The molecular weight excluding hydrogens is 371 g/mol. The lowest BCUT2D eigenvalue weighted by Gasteiger charge is -2.15. The molecule has 0 spiro atoms. The highest BCUT2D eigenvalue weighted by Crippen LogP contribution is 2.19. The third-order valence-corrected chi connectivity index (χ3v) is 5.24. The first-order valence-electron chi connectivity index (χ1n) is 9.97. The van der Waals surface area contributed by atoms with Gasteiger partial charge in [0, 0.05) is 17.9 Å². The average molecular weight is 394 g/mol. The monoisotopic (exact) mass is 394 g/mol. The first-order valence-corrected chi connectivity index (χ1v) is 9.97. The normalized spacial score (nSPS) is 15.1. The molecule has 1 fully saturated rings. The van der Waals surface area contributed by atoms with Crippen LogP contribution in [0.15, 0.2) is 48.7 Å². The molecule has 7 heteroatoms. The first kappa shape index (κ1) is 19.1. The van der Waals surface area contributed by atoms with Crippen molar-refractivity contribution in [3.05, 3.63) is 66.0 Å². The summed E-state index contributed by atoms with van der Waals surface area (Å²) in [7, 11) is 0. The molecule has 0 aliphatic heterocycles. The summed E-state index contributed by atoms with van der Waals surface area (Å²) in [5.41, 5.74) is 1.11. The van der Waals surface area contributed by atoms with Crippen molar-refractivity contribution in [2.45, 2.75) is 44.6 Å². The van der Waals surface area contributed by atoms with Crippen molar-refractivity contribution in [2.75, 3.05) is 5.32 Å². The van der Waals surface area contributed by atoms with E-state index in [1.807, 2.05) is 0 Å². The number of benzene rings is 1. The number of pyridine rings is 1. The molecule has 6 nitrogen and oxygen atoms in total. The molecule has 2 N–H and O–H groups in total. The Hall–Kier alpha value is -3.22. The smallest absolute Gasteiger partial charge is 0.292 e. The number of imidazole rings is 1. The summed E-state index contributed by atoms with van der Waals surface area (Å²) in [6.45, 7) is 0. The van der Waals surface area contributed by atoms with Gasteiger partial charge in [-0.2, -0.15) is 0 Å². The molecule has 2 aromatic heterocycles. The lowest BCUT2D eigenvalue weighted by Crippen LogP contribution is -2.34. The van der Waals surface area contributed by atoms with E-state index >= 15 is 0 Å². The number of anilines is 1. The first-order chi connectivity index (χ1) is 14.1. The van der Waals surface area contributed by atoms with Gasteiger partial charge in [-0.1, -0.05) is 37.8 Å². The van der Waals surface area contributed by atoms with Gasteiger partial charge in [0.2, 0.25) is 5.82 Å². The van der Waals surface area contributed by atoms with Crippen molar-refractivity contribution in [3.63, 3.8) is 0 Å². The maximum absolute atomic E-state index is 13.4. The largest absolute Gasteiger partial charge is 0.348 e. The minimum absolute atomic E-state index is 0.0795. The second-order valence-electron chi connectivity index (χ2n) is 7.37. The van der Waals surface area contributed by atoms with Gasteiger partial charge in [0.1, 0.15) is 5.82 Å². The number of carbonyl (C=O) groups is 2. The number of fused-ring (bicyclic) bond motifs is 1. The molecule has 0 radical (unpaired) electrons. The second-order valence-corrected chi connectivity index (χ2v) is 7.37. The van der Waals surface area contributed by atoms with E-state index in [1.54, 1.807) is 34.9 Å². The molecule has 0 bridgehead atoms. The van der Waals surface area contributed by atoms with E-state index in [2.05, 4.69) is 15.6 Å². The van der Waals surface area contributed by atoms with Crippen LogP contribution in [0.4, 0.5) is 10.1 Å². The standard InChI is InChI=1S/C22H23FN4O2/c23-15-8-7-11-17(14-15)25-22(29)20-26-19(18-12-5-6-13-27(18)20)21(28)24-16-9-3-1-2-4-10-16/h5-8,11-14,16H,1-4,9-10H2,(H,24,28)(H,25,29). The van der Waals surface area contributed by atoms with E-state index in [4.69, 9.17) is 0 Å². The average Bonchev–Trinajstić information content (AvgIpc) is 2.91. The summed E-state index contributed by atoms with van der Waals surface area (Å²) < 4.78 is 15.0. The van der Waals surface area contributed by atoms with Gasteiger partial charge in [-0.25, -0.2) is 9.37 Å². The van der Waals surface area contributed by atoms with Gasteiger partial charge in [0.15, 0.2) is 5.69 Å². The maximum Gasteiger partial charge on any atom is 0.292 e. The Morgan fingerprint density at radius 3 is 2.55 bits per heavy atom. The summed E-state index contributed by atoms with van der Waals surface area (Å²) in [4.78, 5) is 30.0. The lowest BCUT2D eigenvalue weighted by molar-refractivity contribution is 0.0930. The van der Waals surface area contributed by atoms with Gasteiger partial charge in [0.05, 0.1) is 5.52 Å². The highest BCUT2D eigenvalue weighted by Gasteiger charge is 2.23. The highest BCUT2D eigenvalue weighted by atomic mass is 19.1. The molecule has 4 rings (SSSR count). The molecule has 3 aromatic rings. The van der Waals surface area contributed by atoms with Crippen LogP contribution in [0.5, 0.6) is 0 Å². The van der Waals surface area contributed by atoms with Crippen LogP contribution in [0.3, 0.4) is 0 Å². The number of halogens is 1. The minimum Gasteiger partial charge on any atom is -0.348 e. The molecule has 1 saturated carbocycles. The number of aromatic nitrogens is 2. The van der Waals surface area contributed by atoms with Crippen LogP contribution in [-0.2, 0) is 0 Å². The zero-order valence-corrected chi connectivity index (χ0v) is 16.0. The molecule has 150 valence electrons. The fourth-order valence-corrected chi connectivity index (χ4v) is 3.80. The van der Waals surface area contributed by atoms with Crippen LogP contribution in [-0.4, -0.2) is 27.2 Å². The molecule has 2 amide bonds. The SMILES string of the molecule is O=C(NC1CCCCCC1)c1nc(C(=O)Nc2cccc(F)c2)n2ccccc12. The Balaban J connectivity index is 1.60. The van der Waals surface area contributed by atoms with Crippen molar-refractivity contribution in [2.24, 2.45) is 0 Å². The number of nitrogens with one attached hydrogen (secondary N) is 2. The van der Waals surface area contributed by atoms with Gasteiger partial charge >= 0.3 is 0 Å². The molecule has 1 aliphatic carbocycles. The van der Waals surface area contributed by atoms with Gasteiger partial charge in [-0.05, 0) is 43.2 Å². The van der Waals surface area contributed by atoms with Gasteiger partial charge < -0.3 is 10.6 Å². The summed E-state index contributed by atoms with van der Waals surface area (Å²) in [5.74, 6) is -1.15. The molecule has 29 heavy (non-hydrogen) atoms. The molecule has 0 saturated heterocycles. The van der Waals surface area contributed by atoms with Gasteiger partial charge in [-0.3, -0.25) is 14.0 Å². The van der Waals surface area contributed by atoms with Crippen LogP contribution in [0.25, 0.3) is 5.52 Å². The van der Waals surface area contributed by atoms with E-state index in [1.165, 1.54) is 31.0 Å². The summed E-state index contributed by atoms with van der Waals surface area (Å²) in [6.07, 6.45) is 8.22. The molecular formula is C22H23FN4O2.